The van der Waals surface area contributed by atoms with Crippen LogP contribution in [0, 0.1) is 0 Å². The molecule has 3 aromatic rings. The lowest BCUT2D eigenvalue weighted by atomic mass is 10.0. The van der Waals surface area contributed by atoms with Gasteiger partial charge in [0.15, 0.2) is 23.2 Å². The second-order valence-corrected chi connectivity index (χ2v) is 6.16. The maximum Gasteiger partial charge on any atom is 0.167 e. The van der Waals surface area contributed by atoms with E-state index < -0.39 is 24.5 Å². The van der Waals surface area contributed by atoms with Gasteiger partial charge in [-0.05, 0) is 5.56 Å². The van der Waals surface area contributed by atoms with Gasteiger partial charge in [-0.1, -0.05) is 30.3 Å². The normalized spacial score (nSPS) is 26.1. The summed E-state index contributed by atoms with van der Waals surface area (Å²) in [4.78, 5) is 12.8. The predicted molar refractivity (Wildman–Crippen MR) is 92.1 cm³/mol. The number of anilines is 1. The molecule has 1 aliphatic heterocycles. The fourth-order valence-electron chi connectivity index (χ4n) is 2.98. The van der Waals surface area contributed by atoms with Crippen LogP contribution >= 0.6 is 0 Å². The largest absolute Gasteiger partial charge is 0.388 e. The van der Waals surface area contributed by atoms with Crippen molar-refractivity contribution < 1.29 is 20.1 Å². The monoisotopic (exact) mass is 357 g/mol. The Morgan fingerprint density at radius 2 is 1.88 bits per heavy atom. The first-order valence-electron chi connectivity index (χ1n) is 8.26. The van der Waals surface area contributed by atoms with E-state index in [1.807, 2.05) is 30.3 Å². The average Bonchev–Trinajstić information content (AvgIpc) is 3.10. The van der Waals surface area contributed by atoms with Crippen molar-refractivity contribution in [2.24, 2.45) is 0 Å². The highest BCUT2D eigenvalue weighted by Crippen LogP contribution is 2.28. The number of nitrogens with zero attached hydrogens (tertiary/aromatic N) is 4. The lowest BCUT2D eigenvalue weighted by molar-refractivity contribution is -0.210. The number of hydrogen-bond acceptors (Lipinski definition) is 8. The predicted octanol–water partition coefficient (Wildman–Crippen LogP) is 0.0499. The number of benzene rings is 1. The summed E-state index contributed by atoms with van der Waals surface area (Å²) in [5, 5.41) is 32.9. The highest BCUT2D eigenvalue weighted by atomic mass is 16.5. The number of nitrogens with one attached hydrogen (secondary N) is 1. The molecule has 1 saturated heterocycles. The van der Waals surface area contributed by atoms with Crippen LogP contribution in [0.25, 0.3) is 11.2 Å². The van der Waals surface area contributed by atoms with E-state index in [4.69, 9.17) is 4.74 Å². The van der Waals surface area contributed by atoms with Crippen LogP contribution in [0.5, 0.6) is 0 Å². The van der Waals surface area contributed by atoms with Crippen LogP contribution in [0.15, 0.2) is 43.0 Å². The Bertz CT molecular complexity index is 887. The zero-order valence-corrected chi connectivity index (χ0v) is 13.8. The first-order chi connectivity index (χ1) is 12.6. The minimum Gasteiger partial charge on any atom is -0.388 e. The molecular weight excluding hydrogens is 338 g/mol. The lowest BCUT2D eigenvalue weighted by Crippen LogP contribution is -2.50. The van der Waals surface area contributed by atoms with Gasteiger partial charge in [-0.25, -0.2) is 15.0 Å². The fourth-order valence-corrected chi connectivity index (χ4v) is 2.98. The van der Waals surface area contributed by atoms with E-state index in [0.29, 0.717) is 23.5 Å². The number of aliphatic hydroxyl groups is 3. The number of hydrogen-bond donors (Lipinski definition) is 4. The summed E-state index contributed by atoms with van der Waals surface area (Å²) in [5.74, 6) is 0.559. The van der Waals surface area contributed by atoms with Crippen molar-refractivity contribution in [3.05, 3.63) is 48.5 Å². The fraction of sp³-hybridized carbons (Fsp3) is 0.353. The van der Waals surface area contributed by atoms with Gasteiger partial charge in [-0.15, -0.1) is 0 Å². The molecule has 26 heavy (non-hydrogen) atoms. The molecule has 3 heterocycles. The van der Waals surface area contributed by atoms with Crippen LogP contribution in [0.2, 0.25) is 0 Å². The summed E-state index contributed by atoms with van der Waals surface area (Å²) in [7, 11) is 0. The van der Waals surface area contributed by atoms with E-state index in [-0.39, 0.29) is 6.61 Å². The second kappa shape index (κ2) is 6.96. The summed E-state index contributed by atoms with van der Waals surface area (Å²) in [6.45, 7) is 0.486. The van der Waals surface area contributed by atoms with Crippen LogP contribution in [0.3, 0.4) is 0 Å². The molecule has 0 spiro atoms. The number of ether oxygens (including phenoxy) is 1. The minimum atomic E-state index is -1.30. The maximum absolute atomic E-state index is 10.2. The molecule has 9 nitrogen and oxygen atoms in total. The van der Waals surface area contributed by atoms with Crippen LogP contribution < -0.4 is 5.32 Å². The van der Waals surface area contributed by atoms with Crippen molar-refractivity contribution in [2.45, 2.75) is 31.1 Å². The van der Waals surface area contributed by atoms with Gasteiger partial charge in [0.1, 0.15) is 24.6 Å². The summed E-state index contributed by atoms with van der Waals surface area (Å²) in [6.07, 6.45) is -1.75. The molecule has 4 N–H and O–H groups in total. The molecule has 0 aliphatic carbocycles. The number of rotatable bonds is 4. The van der Waals surface area contributed by atoms with Gasteiger partial charge in [-0.2, -0.15) is 0 Å². The first-order valence-corrected chi connectivity index (χ1v) is 8.26. The first kappa shape index (κ1) is 16.9. The van der Waals surface area contributed by atoms with Crippen molar-refractivity contribution in [3.63, 3.8) is 0 Å². The van der Waals surface area contributed by atoms with Gasteiger partial charge < -0.3 is 25.4 Å². The Labute approximate surface area is 148 Å². The van der Waals surface area contributed by atoms with Gasteiger partial charge in [-0.3, -0.25) is 4.57 Å². The average molecular weight is 357 g/mol. The Morgan fingerprint density at radius 1 is 1.08 bits per heavy atom. The SMILES string of the molecule is O[C@@H]1[C@H](O)COC(n2cnc3c(NCc4ccccc4)ncnc32)[C@H]1O. The molecule has 4 rings (SSSR count). The highest BCUT2D eigenvalue weighted by molar-refractivity contribution is 5.82. The minimum absolute atomic E-state index is 0.0905. The molecule has 4 atom stereocenters. The smallest absolute Gasteiger partial charge is 0.167 e. The summed E-state index contributed by atoms with van der Waals surface area (Å²) >= 11 is 0. The second-order valence-electron chi connectivity index (χ2n) is 6.16. The maximum atomic E-state index is 10.2. The van der Waals surface area contributed by atoms with Crippen molar-refractivity contribution >= 4 is 17.0 Å². The molecule has 0 amide bonds. The van der Waals surface area contributed by atoms with Gasteiger partial charge in [0.25, 0.3) is 0 Å². The Kier molecular flexibility index (Phi) is 4.51. The van der Waals surface area contributed by atoms with Crippen LogP contribution in [-0.2, 0) is 11.3 Å². The Morgan fingerprint density at radius 3 is 2.69 bits per heavy atom. The number of fused-ring (bicyclic) bond motifs is 1. The zero-order valence-electron chi connectivity index (χ0n) is 13.8. The zero-order chi connectivity index (χ0) is 18.1. The van der Waals surface area contributed by atoms with Crippen molar-refractivity contribution in [1.29, 1.82) is 0 Å². The summed E-state index contributed by atoms with van der Waals surface area (Å²) < 4.78 is 7.01. The molecule has 0 radical (unpaired) electrons. The molecule has 0 saturated carbocycles. The third-order valence-electron chi connectivity index (χ3n) is 4.41. The standard InChI is InChI=1S/C17H19N5O4/c23-11-7-26-17(14(25)13(11)24)22-9-21-12-15(19-8-20-16(12)22)18-6-10-4-2-1-3-5-10/h1-5,8-9,11,13-14,17,23-25H,6-7H2,(H,18,19,20)/t11-,13-,14+,17?/m1/s1. The van der Waals surface area contributed by atoms with E-state index >= 15 is 0 Å². The molecule has 136 valence electrons. The highest BCUT2D eigenvalue weighted by Gasteiger charge is 2.39. The molecule has 9 heteroatoms. The van der Waals surface area contributed by atoms with Gasteiger partial charge in [0.2, 0.25) is 0 Å². The van der Waals surface area contributed by atoms with Crippen molar-refractivity contribution in [1.82, 2.24) is 19.5 Å². The van der Waals surface area contributed by atoms with E-state index in [0.717, 1.165) is 5.56 Å². The molecule has 1 aliphatic rings. The van der Waals surface area contributed by atoms with E-state index in [9.17, 15) is 15.3 Å². The molecule has 2 aromatic heterocycles. The molecule has 0 bridgehead atoms. The molecule has 1 fully saturated rings. The lowest BCUT2D eigenvalue weighted by Gasteiger charge is -2.35. The Balaban J connectivity index is 1.61. The van der Waals surface area contributed by atoms with Crippen LogP contribution in [0.4, 0.5) is 5.82 Å². The number of imidazole rings is 1. The summed E-state index contributed by atoms with van der Waals surface area (Å²) in [6, 6.07) is 9.88. The van der Waals surface area contributed by atoms with Crippen LogP contribution in [0.1, 0.15) is 11.8 Å². The topological polar surface area (TPSA) is 126 Å². The third-order valence-corrected chi connectivity index (χ3v) is 4.41. The quantitative estimate of drug-likeness (QED) is 0.516. The van der Waals surface area contributed by atoms with Crippen molar-refractivity contribution in [2.75, 3.05) is 11.9 Å². The van der Waals surface area contributed by atoms with E-state index in [1.54, 1.807) is 0 Å². The molecular formula is C17H19N5O4. The van der Waals surface area contributed by atoms with E-state index in [1.165, 1.54) is 17.2 Å². The molecule has 1 aromatic carbocycles. The number of aromatic nitrogens is 4. The molecule has 1 unspecified atom stereocenters. The third kappa shape index (κ3) is 3.01. The van der Waals surface area contributed by atoms with Crippen molar-refractivity contribution in [3.8, 4) is 0 Å². The Hall–Kier alpha value is -2.59. The van der Waals surface area contributed by atoms with Gasteiger partial charge in [0, 0.05) is 6.54 Å². The van der Waals surface area contributed by atoms with Gasteiger partial charge in [0.05, 0.1) is 12.9 Å². The van der Waals surface area contributed by atoms with Crippen LogP contribution in [-0.4, -0.2) is 59.8 Å². The number of aliphatic hydroxyl groups excluding tert-OH is 3. The summed E-state index contributed by atoms with van der Waals surface area (Å²) in [5.41, 5.74) is 2.09. The van der Waals surface area contributed by atoms with Gasteiger partial charge >= 0.3 is 0 Å². The van der Waals surface area contributed by atoms with E-state index in [2.05, 4.69) is 20.3 Å².